The molecular formula is C27H39N3O4S. The zero-order valence-corrected chi connectivity index (χ0v) is 22.8. The second-order valence-corrected chi connectivity index (χ2v) is 11.8. The number of nitrogens with one attached hydrogen (secondary N) is 1. The summed E-state index contributed by atoms with van der Waals surface area (Å²) in [6.45, 7) is 11.3. The van der Waals surface area contributed by atoms with Crippen molar-refractivity contribution in [1.29, 1.82) is 0 Å². The van der Waals surface area contributed by atoms with Gasteiger partial charge in [-0.15, -0.1) is 0 Å². The maximum absolute atomic E-state index is 13.7. The number of aryl methyl sites for hydroxylation is 2. The Bertz CT molecular complexity index is 1120. The number of amides is 2. The third-order valence-electron chi connectivity index (χ3n) is 5.80. The molecule has 0 aliphatic rings. The molecular weight excluding hydrogens is 462 g/mol. The maximum Gasteiger partial charge on any atom is 0.244 e. The van der Waals surface area contributed by atoms with E-state index in [1.54, 1.807) is 12.1 Å². The Morgan fingerprint density at radius 1 is 1.00 bits per heavy atom. The fourth-order valence-electron chi connectivity index (χ4n) is 3.86. The molecule has 0 heterocycles. The monoisotopic (exact) mass is 501 g/mol. The molecule has 2 rings (SSSR count). The summed E-state index contributed by atoms with van der Waals surface area (Å²) in [5.74, 6) is -0.700. The molecule has 192 valence electrons. The van der Waals surface area contributed by atoms with Gasteiger partial charge < -0.3 is 10.2 Å². The molecule has 1 atom stereocenters. The van der Waals surface area contributed by atoms with Crippen LogP contribution in [0.15, 0.2) is 48.5 Å². The SMILES string of the molecule is CCc1ccc(N(CC(=O)N(Cc2ccccc2C)[C@@H](CC)C(=O)NC(C)(C)C)S(C)(=O)=O)cc1. The van der Waals surface area contributed by atoms with Gasteiger partial charge in [0.25, 0.3) is 0 Å². The summed E-state index contributed by atoms with van der Waals surface area (Å²) in [5, 5.41) is 2.97. The highest BCUT2D eigenvalue weighted by molar-refractivity contribution is 7.92. The number of benzene rings is 2. The van der Waals surface area contributed by atoms with Crippen molar-refractivity contribution in [3.63, 3.8) is 0 Å². The molecule has 0 radical (unpaired) electrons. The summed E-state index contributed by atoms with van der Waals surface area (Å²) in [6.07, 6.45) is 2.30. The summed E-state index contributed by atoms with van der Waals surface area (Å²) in [7, 11) is -3.74. The molecule has 0 aromatic heterocycles. The van der Waals surface area contributed by atoms with Gasteiger partial charge >= 0.3 is 0 Å². The average molecular weight is 502 g/mol. The molecule has 0 saturated carbocycles. The Morgan fingerprint density at radius 3 is 2.09 bits per heavy atom. The van der Waals surface area contributed by atoms with Gasteiger partial charge in [-0.25, -0.2) is 8.42 Å². The second-order valence-electron chi connectivity index (χ2n) is 9.90. The zero-order valence-electron chi connectivity index (χ0n) is 22.0. The predicted octanol–water partition coefficient (Wildman–Crippen LogP) is 4.05. The Labute approximate surface area is 210 Å². The fourth-order valence-corrected chi connectivity index (χ4v) is 4.70. The van der Waals surface area contributed by atoms with E-state index < -0.39 is 34.1 Å². The summed E-state index contributed by atoms with van der Waals surface area (Å²) in [6, 6.07) is 14.1. The fraction of sp³-hybridized carbons (Fsp3) is 0.481. The lowest BCUT2D eigenvalue weighted by molar-refractivity contribution is -0.141. The van der Waals surface area contributed by atoms with Gasteiger partial charge in [-0.05, 0) is 69.4 Å². The number of hydrogen-bond donors (Lipinski definition) is 1. The maximum atomic E-state index is 13.7. The minimum absolute atomic E-state index is 0.202. The van der Waals surface area contributed by atoms with Crippen molar-refractivity contribution < 1.29 is 18.0 Å². The van der Waals surface area contributed by atoms with Crippen LogP contribution in [0.25, 0.3) is 0 Å². The van der Waals surface area contributed by atoms with E-state index in [-0.39, 0.29) is 12.5 Å². The first kappa shape index (κ1) is 28.4. The minimum Gasteiger partial charge on any atom is -0.350 e. The molecule has 2 aromatic carbocycles. The second kappa shape index (κ2) is 11.7. The molecule has 7 nitrogen and oxygen atoms in total. The van der Waals surface area contributed by atoms with E-state index in [2.05, 4.69) is 5.32 Å². The minimum atomic E-state index is -3.74. The molecule has 0 unspecified atom stereocenters. The van der Waals surface area contributed by atoms with Crippen LogP contribution in [0.2, 0.25) is 0 Å². The highest BCUT2D eigenvalue weighted by atomic mass is 32.2. The Kier molecular flexibility index (Phi) is 9.49. The smallest absolute Gasteiger partial charge is 0.244 e. The standard InChI is InChI=1S/C27H39N3O4S/c1-8-21-14-16-23(17-15-21)30(35(7,33)34)19-25(31)29(18-22-13-11-10-12-20(22)3)24(9-2)26(32)28-27(4,5)6/h10-17,24H,8-9,18-19H2,1-7H3,(H,28,32)/t24-/m0/s1. The summed E-state index contributed by atoms with van der Waals surface area (Å²) in [5.41, 5.74) is 2.91. The third-order valence-corrected chi connectivity index (χ3v) is 6.94. The van der Waals surface area contributed by atoms with Crippen molar-refractivity contribution in [2.45, 2.75) is 72.5 Å². The lowest BCUT2D eigenvalue weighted by Gasteiger charge is -2.34. The van der Waals surface area contributed by atoms with Gasteiger partial charge in [0.15, 0.2) is 0 Å². The van der Waals surface area contributed by atoms with Crippen LogP contribution >= 0.6 is 0 Å². The van der Waals surface area contributed by atoms with E-state index in [1.807, 2.05) is 77.9 Å². The topological polar surface area (TPSA) is 86.8 Å². The summed E-state index contributed by atoms with van der Waals surface area (Å²) in [4.78, 5) is 28.4. The molecule has 8 heteroatoms. The summed E-state index contributed by atoms with van der Waals surface area (Å²) < 4.78 is 26.5. The van der Waals surface area contributed by atoms with Gasteiger partial charge in [0, 0.05) is 12.1 Å². The molecule has 0 aliphatic heterocycles. The molecule has 0 aliphatic carbocycles. The third kappa shape index (κ3) is 8.09. The van der Waals surface area contributed by atoms with Gasteiger partial charge in [-0.3, -0.25) is 13.9 Å². The van der Waals surface area contributed by atoms with Gasteiger partial charge in [-0.2, -0.15) is 0 Å². The Morgan fingerprint density at radius 2 is 1.60 bits per heavy atom. The molecule has 0 saturated heterocycles. The zero-order chi connectivity index (χ0) is 26.4. The van der Waals surface area contributed by atoms with Crippen LogP contribution in [0.3, 0.4) is 0 Å². The largest absolute Gasteiger partial charge is 0.350 e. The number of carbonyl (C=O) groups excluding carboxylic acids is 2. The molecule has 35 heavy (non-hydrogen) atoms. The van der Waals surface area contributed by atoms with Crippen LogP contribution in [0.4, 0.5) is 5.69 Å². The molecule has 2 amide bonds. The van der Waals surface area contributed by atoms with Crippen molar-refractivity contribution in [2.24, 2.45) is 0 Å². The normalized spacial score (nSPS) is 12.7. The number of rotatable bonds is 10. The molecule has 1 N–H and O–H groups in total. The van der Waals surface area contributed by atoms with Crippen LogP contribution in [0, 0.1) is 6.92 Å². The van der Waals surface area contributed by atoms with Gasteiger partial charge in [0.05, 0.1) is 11.9 Å². The van der Waals surface area contributed by atoms with Crippen LogP contribution < -0.4 is 9.62 Å². The highest BCUT2D eigenvalue weighted by Crippen LogP contribution is 2.21. The van der Waals surface area contributed by atoms with Crippen LogP contribution in [-0.2, 0) is 32.6 Å². The van der Waals surface area contributed by atoms with E-state index in [4.69, 9.17) is 0 Å². The average Bonchev–Trinajstić information content (AvgIpc) is 2.76. The Balaban J connectivity index is 2.46. The van der Waals surface area contributed by atoms with Crippen molar-refractivity contribution in [3.05, 3.63) is 65.2 Å². The van der Waals surface area contributed by atoms with E-state index >= 15 is 0 Å². The van der Waals surface area contributed by atoms with Gasteiger partial charge in [-0.1, -0.05) is 50.2 Å². The lowest BCUT2D eigenvalue weighted by atomic mass is 10.0. The first-order valence-electron chi connectivity index (χ1n) is 12.0. The van der Waals surface area contributed by atoms with Crippen molar-refractivity contribution in [1.82, 2.24) is 10.2 Å². The molecule has 2 aromatic rings. The van der Waals surface area contributed by atoms with Crippen LogP contribution in [0.5, 0.6) is 0 Å². The first-order valence-corrected chi connectivity index (χ1v) is 13.8. The van der Waals surface area contributed by atoms with E-state index in [1.165, 1.54) is 4.90 Å². The number of anilines is 1. The van der Waals surface area contributed by atoms with Crippen molar-refractivity contribution in [3.8, 4) is 0 Å². The number of hydrogen-bond acceptors (Lipinski definition) is 4. The van der Waals surface area contributed by atoms with Crippen molar-refractivity contribution in [2.75, 3.05) is 17.1 Å². The first-order chi connectivity index (χ1) is 16.3. The lowest BCUT2D eigenvalue weighted by Crippen LogP contribution is -2.55. The van der Waals surface area contributed by atoms with Crippen LogP contribution in [0.1, 0.15) is 57.7 Å². The quantitative estimate of drug-likeness (QED) is 0.532. The van der Waals surface area contributed by atoms with E-state index in [0.717, 1.165) is 33.7 Å². The molecule has 0 fully saturated rings. The molecule has 0 spiro atoms. The highest BCUT2D eigenvalue weighted by Gasteiger charge is 2.33. The Hall–Kier alpha value is -2.87. The number of sulfonamides is 1. The van der Waals surface area contributed by atoms with E-state index in [9.17, 15) is 18.0 Å². The number of carbonyl (C=O) groups is 2. The van der Waals surface area contributed by atoms with Gasteiger partial charge in [0.1, 0.15) is 12.6 Å². The summed E-state index contributed by atoms with van der Waals surface area (Å²) >= 11 is 0. The number of nitrogens with zero attached hydrogens (tertiary/aromatic N) is 2. The predicted molar refractivity (Wildman–Crippen MR) is 142 cm³/mol. The van der Waals surface area contributed by atoms with E-state index in [0.29, 0.717) is 12.1 Å². The van der Waals surface area contributed by atoms with Crippen LogP contribution in [-0.4, -0.2) is 49.5 Å². The van der Waals surface area contributed by atoms with Crippen molar-refractivity contribution >= 4 is 27.5 Å². The van der Waals surface area contributed by atoms with Gasteiger partial charge in [0.2, 0.25) is 21.8 Å². The molecule has 0 bridgehead atoms.